The van der Waals surface area contributed by atoms with Crippen LogP contribution in [0.1, 0.15) is 10.4 Å². The average Bonchev–Trinajstić information content (AvgIpc) is 3.38. The first-order valence-corrected chi connectivity index (χ1v) is 10.2. The third kappa shape index (κ3) is 4.60. The van der Waals surface area contributed by atoms with Crippen LogP contribution in [0.5, 0.6) is 17.2 Å². The molecule has 0 unspecified atom stereocenters. The highest BCUT2D eigenvalue weighted by atomic mass is 16.6. The number of nitrogens with zero attached hydrogens (tertiary/aromatic N) is 3. The number of para-hydroxylation sites is 2. The van der Waals surface area contributed by atoms with Gasteiger partial charge in [0, 0.05) is 11.6 Å². The third-order valence-electron chi connectivity index (χ3n) is 5.10. The van der Waals surface area contributed by atoms with Crippen LogP contribution in [0.25, 0.3) is 22.8 Å². The van der Waals surface area contributed by atoms with E-state index in [0.29, 0.717) is 34.1 Å². The van der Waals surface area contributed by atoms with E-state index in [9.17, 15) is 14.9 Å². The number of benzene rings is 3. The number of nitro groups is 1. The van der Waals surface area contributed by atoms with Crippen LogP contribution < -0.4 is 19.5 Å². The highest BCUT2D eigenvalue weighted by Crippen LogP contribution is 2.41. The Hall–Kier alpha value is -4.93. The number of ether oxygens (including phenoxy) is 3. The normalized spacial score (nSPS) is 10.5. The topological polar surface area (TPSA) is 139 Å². The summed E-state index contributed by atoms with van der Waals surface area (Å²) in [6, 6.07) is 15.8. The summed E-state index contributed by atoms with van der Waals surface area (Å²) in [6.07, 6.45) is 0. The lowest BCUT2D eigenvalue weighted by atomic mass is 10.1. The van der Waals surface area contributed by atoms with Crippen LogP contribution in [-0.2, 0) is 0 Å². The van der Waals surface area contributed by atoms with Gasteiger partial charge in [-0.25, -0.2) is 0 Å². The second kappa shape index (κ2) is 9.91. The summed E-state index contributed by atoms with van der Waals surface area (Å²) in [7, 11) is 4.50. The monoisotopic (exact) mass is 476 g/mol. The Morgan fingerprint density at radius 1 is 0.971 bits per heavy atom. The van der Waals surface area contributed by atoms with Gasteiger partial charge in [0.2, 0.25) is 11.6 Å². The average molecular weight is 476 g/mol. The first-order chi connectivity index (χ1) is 17.0. The maximum absolute atomic E-state index is 12.8. The molecule has 1 aromatic heterocycles. The maximum atomic E-state index is 12.8. The summed E-state index contributed by atoms with van der Waals surface area (Å²) < 4.78 is 21.6. The molecule has 0 saturated heterocycles. The van der Waals surface area contributed by atoms with Crippen molar-refractivity contribution >= 4 is 17.3 Å². The lowest BCUT2D eigenvalue weighted by molar-refractivity contribution is -0.385. The van der Waals surface area contributed by atoms with Gasteiger partial charge < -0.3 is 24.1 Å². The number of aromatic nitrogens is 2. The Morgan fingerprint density at radius 3 is 2.29 bits per heavy atom. The number of carbonyl (C=O) groups is 1. The van der Waals surface area contributed by atoms with Crippen LogP contribution in [0.3, 0.4) is 0 Å². The minimum Gasteiger partial charge on any atom is -0.493 e. The van der Waals surface area contributed by atoms with E-state index in [4.69, 9.17) is 18.7 Å². The minimum absolute atomic E-state index is 0.0732. The van der Waals surface area contributed by atoms with Crippen molar-refractivity contribution in [2.24, 2.45) is 0 Å². The quantitative estimate of drug-likeness (QED) is 0.286. The molecule has 11 nitrogen and oxygen atoms in total. The molecule has 35 heavy (non-hydrogen) atoms. The molecule has 1 heterocycles. The Labute approximate surface area is 199 Å². The Balaban J connectivity index is 1.68. The molecule has 0 spiro atoms. The number of methoxy groups -OCH3 is 3. The Morgan fingerprint density at radius 2 is 1.63 bits per heavy atom. The molecule has 0 aliphatic rings. The largest absolute Gasteiger partial charge is 0.493 e. The number of nitrogens with one attached hydrogen (secondary N) is 1. The molecule has 11 heteroatoms. The van der Waals surface area contributed by atoms with Gasteiger partial charge in [0.1, 0.15) is 5.56 Å². The number of rotatable bonds is 8. The van der Waals surface area contributed by atoms with Crippen molar-refractivity contribution in [3.05, 3.63) is 76.3 Å². The predicted molar refractivity (Wildman–Crippen MR) is 126 cm³/mol. The van der Waals surface area contributed by atoms with Crippen LogP contribution in [0.4, 0.5) is 11.4 Å². The summed E-state index contributed by atoms with van der Waals surface area (Å²) in [5.74, 6) is 1.00. The van der Waals surface area contributed by atoms with Crippen molar-refractivity contribution < 1.29 is 28.5 Å². The smallest absolute Gasteiger partial charge is 0.282 e. The van der Waals surface area contributed by atoms with Crippen molar-refractivity contribution in [2.75, 3.05) is 26.6 Å². The molecule has 3 aromatic carbocycles. The zero-order valence-electron chi connectivity index (χ0n) is 19.0. The highest BCUT2D eigenvalue weighted by molar-refractivity contribution is 6.08. The summed E-state index contributed by atoms with van der Waals surface area (Å²) >= 11 is 0. The third-order valence-corrected chi connectivity index (χ3v) is 5.10. The van der Waals surface area contributed by atoms with Crippen molar-refractivity contribution in [3.8, 4) is 40.1 Å². The number of carbonyl (C=O) groups excluding carboxylic acids is 1. The van der Waals surface area contributed by atoms with E-state index >= 15 is 0 Å². The summed E-state index contributed by atoms with van der Waals surface area (Å²) in [4.78, 5) is 28.0. The van der Waals surface area contributed by atoms with Gasteiger partial charge in [-0.3, -0.25) is 14.9 Å². The van der Waals surface area contributed by atoms with Crippen LogP contribution in [0.2, 0.25) is 0 Å². The highest BCUT2D eigenvalue weighted by Gasteiger charge is 2.22. The second-order valence-corrected chi connectivity index (χ2v) is 7.11. The van der Waals surface area contributed by atoms with Crippen LogP contribution in [0.15, 0.2) is 65.2 Å². The zero-order valence-corrected chi connectivity index (χ0v) is 19.0. The Kier molecular flexibility index (Phi) is 6.58. The SMILES string of the molecule is COc1cc(-c2noc(-c3ccccc3NC(=O)c3ccccc3[N+](=O)[O-])n2)cc(OC)c1OC. The number of hydrogen-bond donors (Lipinski definition) is 1. The Bertz CT molecular complexity index is 1380. The van der Waals surface area contributed by atoms with Crippen molar-refractivity contribution in [1.82, 2.24) is 10.1 Å². The molecular weight excluding hydrogens is 456 g/mol. The van der Waals surface area contributed by atoms with Crippen molar-refractivity contribution in [2.45, 2.75) is 0 Å². The number of hydrogen-bond acceptors (Lipinski definition) is 9. The summed E-state index contributed by atoms with van der Waals surface area (Å²) in [5, 5.41) is 18.0. The van der Waals surface area contributed by atoms with Gasteiger partial charge in [-0.2, -0.15) is 4.98 Å². The summed E-state index contributed by atoms with van der Waals surface area (Å²) in [5.41, 5.74) is 0.957. The summed E-state index contributed by atoms with van der Waals surface area (Å²) in [6.45, 7) is 0. The van der Waals surface area contributed by atoms with Crippen molar-refractivity contribution in [1.29, 1.82) is 0 Å². The first kappa shape index (κ1) is 23.2. The van der Waals surface area contributed by atoms with E-state index < -0.39 is 10.8 Å². The van der Waals surface area contributed by atoms with Gasteiger partial charge in [-0.15, -0.1) is 0 Å². The zero-order chi connectivity index (χ0) is 24.9. The lowest BCUT2D eigenvalue weighted by Gasteiger charge is -2.12. The van der Waals surface area contributed by atoms with Gasteiger partial charge in [0.15, 0.2) is 11.5 Å². The van der Waals surface area contributed by atoms with Crippen LogP contribution in [0, 0.1) is 10.1 Å². The molecular formula is C24H20N4O7. The van der Waals surface area contributed by atoms with Gasteiger partial charge in [-0.1, -0.05) is 29.4 Å². The molecule has 1 N–H and O–H groups in total. The van der Waals surface area contributed by atoms with E-state index in [1.54, 1.807) is 42.5 Å². The van der Waals surface area contributed by atoms with Gasteiger partial charge in [0.05, 0.1) is 37.5 Å². The molecule has 0 aliphatic heterocycles. The first-order valence-electron chi connectivity index (χ1n) is 10.2. The van der Waals surface area contributed by atoms with E-state index in [1.807, 2.05) is 0 Å². The fourth-order valence-corrected chi connectivity index (χ4v) is 3.45. The van der Waals surface area contributed by atoms with Crippen LogP contribution >= 0.6 is 0 Å². The van der Waals surface area contributed by atoms with Crippen LogP contribution in [-0.4, -0.2) is 42.3 Å². The van der Waals surface area contributed by atoms with E-state index in [0.717, 1.165) is 0 Å². The van der Waals surface area contributed by atoms with E-state index in [2.05, 4.69) is 15.5 Å². The van der Waals surface area contributed by atoms with E-state index in [1.165, 1.54) is 39.5 Å². The van der Waals surface area contributed by atoms with E-state index in [-0.39, 0.29) is 23.0 Å². The molecule has 0 atom stereocenters. The number of nitro benzene ring substituents is 1. The predicted octanol–water partition coefficient (Wildman–Crippen LogP) is 4.59. The molecule has 4 rings (SSSR count). The molecule has 0 saturated carbocycles. The molecule has 4 aromatic rings. The fraction of sp³-hybridized carbons (Fsp3) is 0.125. The lowest BCUT2D eigenvalue weighted by Crippen LogP contribution is -2.14. The maximum Gasteiger partial charge on any atom is 0.282 e. The van der Waals surface area contributed by atoms with Gasteiger partial charge >= 0.3 is 0 Å². The molecule has 178 valence electrons. The van der Waals surface area contributed by atoms with Gasteiger partial charge in [0.25, 0.3) is 17.5 Å². The molecule has 0 aliphatic carbocycles. The molecule has 0 bridgehead atoms. The number of anilines is 1. The number of amides is 1. The van der Waals surface area contributed by atoms with Crippen molar-refractivity contribution in [3.63, 3.8) is 0 Å². The molecule has 0 radical (unpaired) electrons. The second-order valence-electron chi connectivity index (χ2n) is 7.11. The standard InChI is InChI=1S/C24H20N4O7/c1-32-19-12-14(13-20(33-2)21(19)34-3)22-26-24(35-27-22)15-8-4-6-10-17(15)25-23(29)16-9-5-7-11-18(16)28(30)31/h4-13H,1-3H3,(H,25,29). The molecule has 1 amide bonds. The minimum atomic E-state index is -0.644. The fourth-order valence-electron chi connectivity index (χ4n) is 3.45. The molecule has 0 fully saturated rings. The van der Waals surface area contributed by atoms with Gasteiger partial charge in [-0.05, 0) is 30.3 Å².